The highest BCUT2D eigenvalue weighted by Crippen LogP contribution is 2.35. The zero-order valence-corrected chi connectivity index (χ0v) is 6.94. The van der Waals surface area contributed by atoms with E-state index in [1.54, 1.807) is 0 Å². The van der Waals surface area contributed by atoms with Crippen molar-refractivity contribution >= 4 is 11.7 Å². The normalized spacial score (nSPS) is 9.62. The predicted molar refractivity (Wildman–Crippen MR) is 46.0 cm³/mol. The highest BCUT2D eigenvalue weighted by Gasteiger charge is 2.16. The number of rotatable bonds is 2. The van der Waals surface area contributed by atoms with Gasteiger partial charge in [-0.05, 0) is 12.1 Å². The van der Waals surface area contributed by atoms with Crippen molar-refractivity contribution in [2.75, 3.05) is 12.8 Å². The Balaban J connectivity index is 3.38. The molecule has 0 spiro atoms. The number of phenols is 1. The van der Waals surface area contributed by atoms with E-state index in [0.717, 1.165) is 0 Å². The summed E-state index contributed by atoms with van der Waals surface area (Å²) >= 11 is 0. The van der Waals surface area contributed by atoms with Gasteiger partial charge in [0.15, 0.2) is 11.5 Å². The second kappa shape index (κ2) is 3.22. The number of carboxylic acid groups (broad SMARTS) is 1. The lowest BCUT2D eigenvalue weighted by molar-refractivity contribution is 0.0692. The van der Waals surface area contributed by atoms with Gasteiger partial charge in [0, 0.05) is 0 Å². The number of aromatic carboxylic acids is 1. The molecule has 0 aromatic heterocycles. The van der Waals surface area contributed by atoms with Crippen LogP contribution in [0.15, 0.2) is 12.1 Å². The van der Waals surface area contributed by atoms with E-state index in [9.17, 15) is 9.90 Å². The van der Waals surface area contributed by atoms with Gasteiger partial charge in [0.25, 0.3) is 0 Å². The fraction of sp³-hybridized carbons (Fsp3) is 0.125. The number of carbonyl (C=O) groups is 1. The summed E-state index contributed by atoms with van der Waals surface area (Å²) in [5.74, 6) is -1.64. The number of anilines is 1. The summed E-state index contributed by atoms with van der Waals surface area (Å²) in [5.41, 5.74) is 5.31. The van der Waals surface area contributed by atoms with Crippen LogP contribution >= 0.6 is 0 Å². The molecule has 70 valence electrons. The van der Waals surface area contributed by atoms with E-state index in [1.165, 1.54) is 19.2 Å². The van der Waals surface area contributed by atoms with Gasteiger partial charge >= 0.3 is 5.97 Å². The summed E-state index contributed by atoms with van der Waals surface area (Å²) in [6.07, 6.45) is 0. The Hall–Kier alpha value is -1.91. The third kappa shape index (κ3) is 1.48. The van der Waals surface area contributed by atoms with Gasteiger partial charge in [-0.2, -0.15) is 0 Å². The molecule has 0 aliphatic heterocycles. The standard InChI is InChI=1S/C8H9NO4/c1-13-7-4(8(11)12)2-3-5(9)6(7)10/h2-3,10H,9H2,1H3,(H,11,12). The van der Waals surface area contributed by atoms with Crippen LogP contribution in [0, 0.1) is 0 Å². The lowest BCUT2D eigenvalue weighted by Gasteiger charge is -2.08. The van der Waals surface area contributed by atoms with E-state index in [4.69, 9.17) is 15.6 Å². The van der Waals surface area contributed by atoms with Crippen LogP contribution in [0.3, 0.4) is 0 Å². The van der Waals surface area contributed by atoms with Crippen LogP contribution in [-0.2, 0) is 0 Å². The SMILES string of the molecule is COc1c(C(=O)O)ccc(N)c1O. The molecule has 0 radical (unpaired) electrons. The van der Waals surface area contributed by atoms with E-state index in [0.29, 0.717) is 0 Å². The Bertz CT molecular complexity index is 348. The van der Waals surface area contributed by atoms with Gasteiger partial charge in [0.05, 0.1) is 12.8 Å². The Morgan fingerprint density at radius 3 is 2.62 bits per heavy atom. The van der Waals surface area contributed by atoms with Crippen LogP contribution in [0.1, 0.15) is 10.4 Å². The summed E-state index contributed by atoms with van der Waals surface area (Å²) in [5, 5.41) is 18.0. The summed E-state index contributed by atoms with van der Waals surface area (Å²) in [4.78, 5) is 10.6. The minimum Gasteiger partial charge on any atom is -0.503 e. The molecule has 5 nitrogen and oxygen atoms in total. The zero-order chi connectivity index (χ0) is 10.0. The van der Waals surface area contributed by atoms with Crippen molar-refractivity contribution in [1.29, 1.82) is 0 Å². The van der Waals surface area contributed by atoms with Crippen molar-refractivity contribution in [3.05, 3.63) is 17.7 Å². The number of carboxylic acids is 1. The average Bonchev–Trinajstić information content (AvgIpc) is 2.09. The Morgan fingerprint density at radius 1 is 1.54 bits per heavy atom. The predicted octanol–water partition coefficient (Wildman–Crippen LogP) is 0.681. The second-order valence-electron chi connectivity index (χ2n) is 2.39. The maximum atomic E-state index is 10.6. The van der Waals surface area contributed by atoms with Crippen LogP contribution < -0.4 is 10.5 Å². The molecule has 1 aromatic rings. The van der Waals surface area contributed by atoms with Gasteiger partial charge in [0.1, 0.15) is 5.56 Å². The third-order valence-corrected chi connectivity index (χ3v) is 1.60. The fourth-order valence-corrected chi connectivity index (χ4v) is 0.961. The molecule has 0 saturated carbocycles. The minimum absolute atomic E-state index is 0.0850. The van der Waals surface area contributed by atoms with Crippen LogP contribution in [0.5, 0.6) is 11.5 Å². The van der Waals surface area contributed by atoms with Crippen LogP contribution in [0.2, 0.25) is 0 Å². The second-order valence-corrected chi connectivity index (χ2v) is 2.39. The maximum Gasteiger partial charge on any atom is 0.339 e. The average molecular weight is 183 g/mol. The first-order chi connectivity index (χ1) is 6.07. The third-order valence-electron chi connectivity index (χ3n) is 1.60. The van der Waals surface area contributed by atoms with Crippen molar-refractivity contribution in [1.82, 2.24) is 0 Å². The molecule has 5 heteroatoms. The van der Waals surface area contributed by atoms with Gasteiger partial charge in [-0.25, -0.2) is 4.79 Å². The molecular formula is C8H9NO4. The van der Waals surface area contributed by atoms with E-state index >= 15 is 0 Å². The van der Waals surface area contributed by atoms with Crippen molar-refractivity contribution in [2.24, 2.45) is 0 Å². The lowest BCUT2D eigenvalue weighted by atomic mass is 10.1. The summed E-state index contributed by atoms with van der Waals surface area (Å²) in [6.45, 7) is 0. The largest absolute Gasteiger partial charge is 0.503 e. The van der Waals surface area contributed by atoms with Crippen LogP contribution in [-0.4, -0.2) is 23.3 Å². The first-order valence-electron chi connectivity index (χ1n) is 3.46. The molecule has 1 rings (SSSR count). The van der Waals surface area contributed by atoms with Gasteiger partial charge in [-0.1, -0.05) is 0 Å². The number of hydrogen-bond donors (Lipinski definition) is 3. The van der Waals surface area contributed by atoms with Gasteiger partial charge in [-0.15, -0.1) is 0 Å². The monoisotopic (exact) mass is 183 g/mol. The topological polar surface area (TPSA) is 92.8 Å². The molecule has 0 heterocycles. The Kier molecular flexibility index (Phi) is 2.27. The molecule has 0 saturated heterocycles. The first kappa shape index (κ1) is 9.18. The molecule has 0 bridgehead atoms. The maximum absolute atomic E-state index is 10.6. The molecule has 0 atom stereocenters. The summed E-state index contributed by atoms with van der Waals surface area (Å²) in [6, 6.07) is 2.58. The Morgan fingerprint density at radius 2 is 2.15 bits per heavy atom. The number of ether oxygens (including phenoxy) is 1. The number of phenolic OH excluding ortho intramolecular Hbond substituents is 1. The molecule has 0 unspecified atom stereocenters. The fourth-order valence-electron chi connectivity index (χ4n) is 0.961. The lowest BCUT2D eigenvalue weighted by Crippen LogP contribution is -2.01. The van der Waals surface area contributed by atoms with Crippen molar-refractivity contribution in [3.63, 3.8) is 0 Å². The van der Waals surface area contributed by atoms with Gasteiger partial charge < -0.3 is 20.7 Å². The molecule has 0 aliphatic rings. The molecule has 13 heavy (non-hydrogen) atoms. The smallest absolute Gasteiger partial charge is 0.339 e. The molecule has 4 N–H and O–H groups in total. The van der Waals surface area contributed by atoms with Gasteiger partial charge in [-0.3, -0.25) is 0 Å². The molecular weight excluding hydrogens is 174 g/mol. The zero-order valence-electron chi connectivity index (χ0n) is 6.94. The molecule has 0 fully saturated rings. The number of hydrogen-bond acceptors (Lipinski definition) is 4. The number of methoxy groups -OCH3 is 1. The number of aromatic hydroxyl groups is 1. The highest BCUT2D eigenvalue weighted by molar-refractivity contribution is 5.93. The van der Waals surface area contributed by atoms with Crippen LogP contribution in [0.25, 0.3) is 0 Å². The summed E-state index contributed by atoms with van der Waals surface area (Å²) < 4.78 is 4.71. The highest BCUT2D eigenvalue weighted by atomic mass is 16.5. The van der Waals surface area contributed by atoms with Gasteiger partial charge in [0.2, 0.25) is 0 Å². The number of nitrogen functional groups attached to an aromatic ring is 1. The summed E-state index contributed by atoms with van der Waals surface area (Å²) in [7, 11) is 1.26. The van der Waals surface area contributed by atoms with Crippen LogP contribution in [0.4, 0.5) is 5.69 Å². The molecule has 0 amide bonds. The Labute approximate surface area is 74.4 Å². The van der Waals surface area contributed by atoms with E-state index < -0.39 is 5.97 Å². The molecule has 0 aliphatic carbocycles. The van der Waals surface area contributed by atoms with E-state index in [-0.39, 0.29) is 22.7 Å². The van der Waals surface area contributed by atoms with Crippen molar-refractivity contribution < 1.29 is 19.7 Å². The van der Waals surface area contributed by atoms with E-state index in [1.807, 2.05) is 0 Å². The number of benzene rings is 1. The quantitative estimate of drug-likeness (QED) is 0.463. The van der Waals surface area contributed by atoms with Crippen molar-refractivity contribution in [2.45, 2.75) is 0 Å². The van der Waals surface area contributed by atoms with E-state index in [2.05, 4.69) is 0 Å². The molecule has 1 aromatic carbocycles. The minimum atomic E-state index is -1.17. The first-order valence-corrected chi connectivity index (χ1v) is 3.46. The number of nitrogens with two attached hydrogens (primary N) is 1. The van der Waals surface area contributed by atoms with Crippen molar-refractivity contribution in [3.8, 4) is 11.5 Å².